The number of fused-ring (bicyclic) bond motifs is 2. The summed E-state index contributed by atoms with van der Waals surface area (Å²) in [5.41, 5.74) is 4.97. The molecular formula is C19H17BrN6O. The smallest absolute Gasteiger partial charge is 0.266 e. The Bertz CT molecular complexity index is 1220. The second kappa shape index (κ2) is 6.16. The Morgan fingerprint density at radius 2 is 1.96 bits per heavy atom. The number of hydrogen-bond donors (Lipinski definition) is 0. The Labute approximate surface area is 163 Å². The molecule has 4 aromatic rings. The van der Waals surface area contributed by atoms with Crippen molar-refractivity contribution in [3.05, 3.63) is 68.6 Å². The van der Waals surface area contributed by atoms with Crippen LogP contribution in [-0.2, 0) is 26.4 Å². The van der Waals surface area contributed by atoms with Crippen molar-refractivity contribution in [3.8, 4) is 5.69 Å². The van der Waals surface area contributed by atoms with Crippen LogP contribution in [0.1, 0.15) is 23.4 Å². The Kier molecular flexibility index (Phi) is 3.75. The van der Waals surface area contributed by atoms with Crippen molar-refractivity contribution < 1.29 is 0 Å². The fraction of sp³-hybridized carbons (Fsp3) is 0.263. The molecule has 8 heteroatoms. The van der Waals surface area contributed by atoms with E-state index in [1.165, 1.54) is 11.3 Å². The van der Waals surface area contributed by atoms with Gasteiger partial charge in [0.25, 0.3) is 5.56 Å². The van der Waals surface area contributed by atoms with Crippen LogP contribution in [0.5, 0.6) is 0 Å². The molecule has 0 fully saturated rings. The fourth-order valence-electron chi connectivity index (χ4n) is 3.83. The van der Waals surface area contributed by atoms with E-state index in [2.05, 4.69) is 38.1 Å². The molecule has 0 saturated heterocycles. The van der Waals surface area contributed by atoms with Gasteiger partial charge in [0.15, 0.2) is 5.65 Å². The summed E-state index contributed by atoms with van der Waals surface area (Å²) in [6, 6.07) is 10.1. The summed E-state index contributed by atoms with van der Waals surface area (Å²) in [7, 11) is 1.78. The lowest BCUT2D eigenvalue weighted by atomic mass is 10.2. The van der Waals surface area contributed by atoms with Crippen molar-refractivity contribution in [2.45, 2.75) is 25.8 Å². The standard InChI is InChI=1S/C19H17BrN6O/c1-24-18-16(17(20)23-24)19(27)25(11-21-18)10-14-13-8-5-9-15(13)26(22-14)12-6-3-2-4-7-12/h2-4,6-7,11H,5,8-10H2,1H3. The Morgan fingerprint density at radius 3 is 2.78 bits per heavy atom. The van der Waals surface area contributed by atoms with Crippen LogP contribution in [0.4, 0.5) is 0 Å². The van der Waals surface area contributed by atoms with E-state index in [0.29, 0.717) is 22.2 Å². The van der Waals surface area contributed by atoms with E-state index < -0.39 is 0 Å². The van der Waals surface area contributed by atoms with Gasteiger partial charge in [-0.2, -0.15) is 10.2 Å². The largest absolute Gasteiger partial charge is 0.292 e. The normalized spacial score (nSPS) is 13.4. The van der Waals surface area contributed by atoms with Crippen molar-refractivity contribution in [3.63, 3.8) is 0 Å². The van der Waals surface area contributed by atoms with Crippen molar-refractivity contribution in [2.24, 2.45) is 7.05 Å². The SMILES string of the molecule is Cn1nc(Br)c2c(=O)n(Cc3nn(-c4ccccc4)c4c3CCC4)cnc21. The minimum absolute atomic E-state index is 0.110. The molecule has 0 aliphatic heterocycles. The van der Waals surface area contributed by atoms with Gasteiger partial charge in [-0.05, 0) is 52.9 Å². The minimum atomic E-state index is -0.110. The van der Waals surface area contributed by atoms with Gasteiger partial charge in [0.2, 0.25) is 0 Å². The number of aryl methyl sites for hydroxylation is 1. The summed E-state index contributed by atoms with van der Waals surface area (Å²) in [5, 5.41) is 9.58. The van der Waals surface area contributed by atoms with Crippen molar-refractivity contribution in [1.29, 1.82) is 0 Å². The molecule has 3 heterocycles. The van der Waals surface area contributed by atoms with Crippen molar-refractivity contribution in [1.82, 2.24) is 29.1 Å². The molecule has 0 unspecified atom stereocenters. The first-order chi connectivity index (χ1) is 13.1. The lowest BCUT2D eigenvalue weighted by Crippen LogP contribution is -2.22. The molecule has 0 saturated carbocycles. The molecule has 5 rings (SSSR count). The Balaban J connectivity index is 1.61. The number of benzene rings is 1. The highest BCUT2D eigenvalue weighted by molar-refractivity contribution is 9.10. The number of rotatable bonds is 3. The summed E-state index contributed by atoms with van der Waals surface area (Å²) < 4.78 is 5.76. The Morgan fingerprint density at radius 1 is 1.15 bits per heavy atom. The van der Waals surface area contributed by atoms with Crippen LogP contribution in [-0.4, -0.2) is 29.1 Å². The highest BCUT2D eigenvalue weighted by Crippen LogP contribution is 2.28. The predicted molar refractivity (Wildman–Crippen MR) is 105 cm³/mol. The predicted octanol–water partition coefficient (Wildman–Crippen LogP) is 2.62. The highest BCUT2D eigenvalue weighted by atomic mass is 79.9. The maximum atomic E-state index is 12.9. The fourth-order valence-corrected chi connectivity index (χ4v) is 4.42. The molecular weight excluding hydrogens is 408 g/mol. The molecule has 0 radical (unpaired) electrons. The molecule has 27 heavy (non-hydrogen) atoms. The zero-order valence-electron chi connectivity index (χ0n) is 14.8. The van der Waals surface area contributed by atoms with Gasteiger partial charge in [0.1, 0.15) is 16.3 Å². The quantitative estimate of drug-likeness (QED) is 0.506. The van der Waals surface area contributed by atoms with Gasteiger partial charge >= 0.3 is 0 Å². The van der Waals surface area contributed by atoms with Crippen LogP contribution in [0.25, 0.3) is 16.7 Å². The monoisotopic (exact) mass is 424 g/mol. The lowest BCUT2D eigenvalue weighted by molar-refractivity contribution is 0.689. The van der Waals surface area contributed by atoms with Crippen LogP contribution in [0.2, 0.25) is 0 Å². The molecule has 1 aliphatic carbocycles. The van der Waals surface area contributed by atoms with Gasteiger partial charge in [-0.15, -0.1) is 0 Å². The van der Waals surface area contributed by atoms with Crippen LogP contribution < -0.4 is 5.56 Å². The van der Waals surface area contributed by atoms with E-state index in [0.717, 1.165) is 30.6 Å². The molecule has 0 bridgehead atoms. The lowest BCUT2D eigenvalue weighted by Gasteiger charge is -2.06. The topological polar surface area (TPSA) is 70.5 Å². The van der Waals surface area contributed by atoms with Gasteiger partial charge in [-0.25, -0.2) is 14.3 Å². The molecule has 1 aliphatic rings. The van der Waals surface area contributed by atoms with E-state index in [1.807, 2.05) is 22.9 Å². The van der Waals surface area contributed by atoms with Crippen LogP contribution in [0, 0.1) is 0 Å². The number of hydrogen-bond acceptors (Lipinski definition) is 4. The van der Waals surface area contributed by atoms with E-state index in [4.69, 9.17) is 5.10 Å². The second-order valence-corrected chi connectivity index (χ2v) is 7.51. The summed E-state index contributed by atoms with van der Waals surface area (Å²) in [4.78, 5) is 17.4. The molecule has 136 valence electrons. The van der Waals surface area contributed by atoms with Gasteiger partial charge in [-0.1, -0.05) is 18.2 Å². The molecule has 0 atom stereocenters. The van der Waals surface area contributed by atoms with Crippen LogP contribution >= 0.6 is 15.9 Å². The zero-order valence-corrected chi connectivity index (χ0v) is 16.3. The summed E-state index contributed by atoms with van der Waals surface area (Å²) in [6.07, 6.45) is 4.71. The summed E-state index contributed by atoms with van der Waals surface area (Å²) in [5.74, 6) is 0. The summed E-state index contributed by atoms with van der Waals surface area (Å²) >= 11 is 3.37. The van der Waals surface area contributed by atoms with Crippen molar-refractivity contribution in [2.75, 3.05) is 0 Å². The van der Waals surface area contributed by atoms with Crippen LogP contribution in [0.3, 0.4) is 0 Å². The maximum absolute atomic E-state index is 12.9. The summed E-state index contributed by atoms with van der Waals surface area (Å²) in [6.45, 7) is 0.408. The van der Waals surface area contributed by atoms with E-state index in [-0.39, 0.29) is 5.56 Å². The second-order valence-electron chi connectivity index (χ2n) is 6.76. The third kappa shape index (κ3) is 2.55. The van der Waals surface area contributed by atoms with Gasteiger partial charge in [0.05, 0.1) is 17.9 Å². The molecule has 0 N–H and O–H groups in total. The minimum Gasteiger partial charge on any atom is -0.292 e. The number of aromatic nitrogens is 6. The van der Waals surface area contributed by atoms with Gasteiger partial charge in [0, 0.05) is 12.7 Å². The van der Waals surface area contributed by atoms with Crippen LogP contribution in [0.15, 0.2) is 46.1 Å². The Hall–Kier alpha value is -2.74. The molecule has 1 aromatic carbocycles. The van der Waals surface area contributed by atoms with Crippen molar-refractivity contribution >= 4 is 27.0 Å². The number of nitrogens with zero attached hydrogens (tertiary/aromatic N) is 6. The first-order valence-corrected chi connectivity index (χ1v) is 9.65. The molecule has 0 amide bonds. The van der Waals surface area contributed by atoms with Gasteiger partial charge in [-0.3, -0.25) is 9.36 Å². The van der Waals surface area contributed by atoms with E-state index >= 15 is 0 Å². The zero-order chi connectivity index (χ0) is 18.5. The highest BCUT2D eigenvalue weighted by Gasteiger charge is 2.24. The van der Waals surface area contributed by atoms with E-state index in [1.54, 1.807) is 22.6 Å². The maximum Gasteiger partial charge on any atom is 0.266 e. The molecule has 3 aromatic heterocycles. The molecule has 0 spiro atoms. The molecule has 7 nitrogen and oxygen atoms in total. The average Bonchev–Trinajstić information content (AvgIpc) is 3.34. The number of para-hydroxylation sites is 1. The number of halogens is 1. The van der Waals surface area contributed by atoms with E-state index in [9.17, 15) is 4.79 Å². The first-order valence-electron chi connectivity index (χ1n) is 8.86. The third-order valence-electron chi connectivity index (χ3n) is 5.10. The first kappa shape index (κ1) is 16.4. The van der Waals surface area contributed by atoms with Gasteiger partial charge < -0.3 is 0 Å². The average molecular weight is 425 g/mol. The third-order valence-corrected chi connectivity index (χ3v) is 5.66.